The van der Waals surface area contributed by atoms with E-state index in [1.54, 1.807) is 6.21 Å². The van der Waals surface area contributed by atoms with E-state index in [0.717, 1.165) is 52.9 Å². The minimum atomic E-state index is -0.303. The minimum absolute atomic E-state index is 0.104. The summed E-state index contributed by atoms with van der Waals surface area (Å²) in [4.78, 5) is 14.7. The maximum absolute atomic E-state index is 12.4. The zero-order valence-electron chi connectivity index (χ0n) is 20.0. The average Bonchev–Trinajstić information content (AvgIpc) is 3.31. The molecule has 3 aromatic rings. The topological polar surface area (TPSA) is 63.2 Å². The van der Waals surface area contributed by atoms with Crippen LogP contribution in [0.4, 0.5) is 0 Å². The average molecular weight is 502 g/mol. The lowest BCUT2D eigenvalue weighted by atomic mass is 10.1. The molecule has 36 heavy (non-hydrogen) atoms. The van der Waals surface area contributed by atoms with Gasteiger partial charge in [-0.15, -0.1) is 0 Å². The van der Waals surface area contributed by atoms with Crippen LogP contribution in [0.3, 0.4) is 0 Å². The van der Waals surface area contributed by atoms with E-state index in [0.29, 0.717) is 19.0 Å². The van der Waals surface area contributed by atoms with Gasteiger partial charge in [-0.05, 0) is 70.7 Å². The molecule has 0 atom stereocenters. The van der Waals surface area contributed by atoms with Crippen LogP contribution in [0.15, 0.2) is 88.7 Å². The second-order valence-corrected chi connectivity index (χ2v) is 9.22. The molecule has 6 nitrogen and oxygen atoms in total. The molecule has 0 bridgehead atoms. The molecule has 1 fully saturated rings. The van der Waals surface area contributed by atoms with Gasteiger partial charge in [0.1, 0.15) is 5.75 Å². The first-order chi connectivity index (χ1) is 17.7. The number of hydrazone groups is 1. The first kappa shape index (κ1) is 24.1. The van der Waals surface area contributed by atoms with Gasteiger partial charge in [-0.25, -0.2) is 5.43 Å². The highest BCUT2D eigenvalue weighted by Gasteiger charge is 2.25. The molecule has 7 heteroatoms. The number of carbonyl (C=O) groups is 1. The largest absolute Gasteiger partial charge is 0.484 e. The third-order valence-electron chi connectivity index (χ3n) is 6.31. The SMILES string of the molecule is O=C(COc1ccc2ccccc2c1)N/N=C/C1=C(N2CCOCC2)C(=C/c2ccc(Cl)cc2)/CC1. The summed E-state index contributed by atoms with van der Waals surface area (Å²) in [6.07, 6.45) is 5.74. The third-order valence-corrected chi connectivity index (χ3v) is 6.56. The molecule has 0 saturated carbocycles. The van der Waals surface area contributed by atoms with Gasteiger partial charge in [-0.1, -0.05) is 54.1 Å². The van der Waals surface area contributed by atoms with Crippen molar-refractivity contribution in [2.45, 2.75) is 12.8 Å². The Morgan fingerprint density at radius 3 is 2.61 bits per heavy atom. The van der Waals surface area contributed by atoms with Gasteiger partial charge in [0.05, 0.1) is 19.4 Å². The number of nitrogens with one attached hydrogen (secondary N) is 1. The molecule has 0 unspecified atom stereocenters. The molecule has 184 valence electrons. The Labute approximate surface area is 215 Å². The Balaban J connectivity index is 1.25. The molecule has 5 rings (SSSR count). The Kier molecular flexibility index (Phi) is 7.64. The van der Waals surface area contributed by atoms with Crippen molar-refractivity contribution in [1.29, 1.82) is 0 Å². The van der Waals surface area contributed by atoms with Crippen LogP contribution in [0.25, 0.3) is 16.8 Å². The summed E-state index contributed by atoms with van der Waals surface area (Å²) in [6.45, 7) is 2.95. The van der Waals surface area contributed by atoms with E-state index in [4.69, 9.17) is 21.1 Å². The zero-order chi connectivity index (χ0) is 24.7. The quantitative estimate of drug-likeness (QED) is 0.346. The van der Waals surface area contributed by atoms with Gasteiger partial charge in [0.25, 0.3) is 5.91 Å². The van der Waals surface area contributed by atoms with Crippen molar-refractivity contribution in [3.63, 3.8) is 0 Å². The second kappa shape index (κ2) is 11.4. The fraction of sp³-hybridized carbons (Fsp3) is 0.241. The number of ether oxygens (including phenoxy) is 2. The highest BCUT2D eigenvalue weighted by molar-refractivity contribution is 6.30. The molecule has 0 aromatic heterocycles. The third kappa shape index (κ3) is 5.96. The summed E-state index contributed by atoms with van der Waals surface area (Å²) >= 11 is 6.05. The summed E-state index contributed by atoms with van der Waals surface area (Å²) in [7, 11) is 0. The minimum Gasteiger partial charge on any atom is -0.484 e. The molecule has 2 aliphatic rings. The number of nitrogens with zero attached hydrogens (tertiary/aromatic N) is 2. The number of amides is 1. The van der Waals surface area contributed by atoms with Crippen molar-refractivity contribution in [3.05, 3.63) is 94.2 Å². The summed E-state index contributed by atoms with van der Waals surface area (Å²) in [6, 6.07) is 21.7. The van der Waals surface area contributed by atoms with Crippen LogP contribution in [0.2, 0.25) is 5.02 Å². The molecule has 0 spiro atoms. The normalized spacial score (nSPS) is 17.4. The second-order valence-electron chi connectivity index (χ2n) is 8.79. The number of allylic oxidation sites excluding steroid dienone is 2. The number of hydrogen-bond acceptors (Lipinski definition) is 5. The zero-order valence-corrected chi connectivity index (χ0v) is 20.7. The Morgan fingerprint density at radius 2 is 1.81 bits per heavy atom. The highest BCUT2D eigenvalue weighted by atomic mass is 35.5. The monoisotopic (exact) mass is 501 g/mol. The van der Waals surface area contributed by atoms with Crippen LogP contribution in [0.1, 0.15) is 18.4 Å². The molecule has 3 aromatic carbocycles. The van der Waals surface area contributed by atoms with Gasteiger partial charge in [0, 0.05) is 23.8 Å². The van der Waals surface area contributed by atoms with Crippen LogP contribution in [0.5, 0.6) is 5.75 Å². The molecule has 1 amide bonds. The molecule has 1 heterocycles. The van der Waals surface area contributed by atoms with Crippen LogP contribution < -0.4 is 10.2 Å². The first-order valence-electron chi connectivity index (χ1n) is 12.1. The number of halogens is 1. The standard InChI is InChI=1S/C29H28ClN3O3/c30-26-10-5-21(6-11-26)17-24-7-8-25(29(24)33-13-15-35-16-14-33)19-31-32-28(34)20-36-27-12-9-22-3-1-2-4-23(22)18-27/h1-6,9-12,17-19H,7-8,13-16,20H2,(H,32,34)/b24-17+,31-19+. The van der Waals surface area contributed by atoms with Gasteiger partial charge in [0.15, 0.2) is 6.61 Å². The number of rotatable bonds is 7. The van der Waals surface area contributed by atoms with Crippen molar-refractivity contribution in [2.24, 2.45) is 5.10 Å². The van der Waals surface area contributed by atoms with Crippen LogP contribution >= 0.6 is 11.6 Å². The van der Waals surface area contributed by atoms with Crippen molar-refractivity contribution < 1.29 is 14.3 Å². The molecule has 0 radical (unpaired) electrons. The van der Waals surface area contributed by atoms with E-state index >= 15 is 0 Å². The van der Waals surface area contributed by atoms with E-state index in [9.17, 15) is 4.79 Å². The first-order valence-corrected chi connectivity index (χ1v) is 12.5. The summed E-state index contributed by atoms with van der Waals surface area (Å²) < 4.78 is 11.2. The predicted molar refractivity (Wildman–Crippen MR) is 144 cm³/mol. The van der Waals surface area contributed by atoms with E-state index < -0.39 is 0 Å². The Hall–Kier alpha value is -3.61. The molecule has 1 aliphatic heterocycles. The lowest BCUT2D eigenvalue weighted by Crippen LogP contribution is -2.36. The van der Waals surface area contributed by atoms with Crippen molar-refractivity contribution in [3.8, 4) is 5.75 Å². The predicted octanol–water partition coefficient (Wildman–Crippen LogP) is 5.44. The van der Waals surface area contributed by atoms with Crippen molar-refractivity contribution in [2.75, 3.05) is 32.9 Å². The molecular weight excluding hydrogens is 474 g/mol. The van der Waals surface area contributed by atoms with Gasteiger partial charge in [-0.3, -0.25) is 4.79 Å². The Morgan fingerprint density at radius 1 is 1.03 bits per heavy atom. The number of morpholine rings is 1. The summed E-state index contributed by atoms with van der Waals surface area (Å²) in [5, 5.41) is 7.17. The van der Waals surface area contributed by atoms with Crippen molar-refractivity contribution in [1.82, 2.24) is 10.3 Å². The maximum Gasteiger partial charge on any atom is 0.277 e. The van der Waals surface area contributed by atoms with E-state index in [1.807, 2.05) is 66.7 Å². The van der Waals surface area contributed by atoms with E-state index in [1.165, 1.54) is 11.3 Å². The number of fused-ring (bicyclic) bond motifs is 1. The molecule has 1 saturated heterocycles. The van der Waals surface area contributed by atoms with Crippen LogP contribution in [0, 0.1) is 0 Å². The fourth-order valence-corrected chi connectivity index (χ4v) is 4.68. The van der Waals surface area contributed by atoms with Gasteiger partial charge >= 0.3 is 0 Å². The van der Waals surface area contributed by atoms with Gasteiger partial charge < -0.3 is 14.4 Å². The summed E-state index contributed by atoms with van der Waals surface area (Å²) in [5.41, 5.74) is 7.25. The van der Waals surface area contributed by atoms with Crippen molar-refractivity contribution >= 4 is 40.6 Å². The lowest BCUT2D eigenvalue weighted by Gasteiger charge is -2.31. The highest BCUT2D eigenvalue weighted by Crippen LogP contribution is 2.35. The fourth-order valence-electron chi connectivity index (χ4n) is 4.55. The molecular formula is C29H28ClN3O3. The van der Waals surface area contributed by atoms with Gasteiger partial charge in [-0.2, -0.15) is 5.10 Å². The van der Waals surface area contributed by atoms with E-state index in [2.05, 4.69) is 21.5 Å². The molecule has 1 aliphatic carbocycles. The van der Waals surface area contributed by atoms with Crippen LogP contribution in [-0.4, -0.2) is 49.9 Å². The number of carbonyl (C=O) groups excluding carboxylic acids is 1. The Bertz CT molecular complexity index is 1330. The van der Waals surface area contributed by atoms with E-state index in [-0.39, 0.29) is 12.5 Å². The smallest absolute Gasteiger partial charge is 0.277 e. The number of hydrogen-bond donors (Lipinski definition) is 1. The lowest BCUT2D eigenvalue weighted by molar-refractivity contribution is -0.123. The van der Waals surface area contributed by atoms with Gasteiger partial charge in [0.2, 0.25) is 0 Å². The number of benzene rings is 3. The summed E-state index contributed by atoms with van der Waals surface area (Å²) in [5.74, 6) is 0.348. The van der Waals surface area contributed by atoms with Crippen LogP contribution in [-0.2, 0) is 9.53 Å². The maximum atomic E-state index is 12.4. The molecule has 1 N–H and O–H groups in total.